The van der Waals surface area contributed by atoms with Gasteiger partial charge in [-0.05, 0) is 38.6 Å². The number of anilines is 1. The molecule has 7 heteroatoms. The molecule has 0 saturated heterocycles. The minimum Gasteiger partial charge on any atom is -0.372 e. The number of hydrogen-bond acceptors (Lipinski definition) is 5. The van der Waals surface area contributed by atoms with Crippen LogP contribution in [-0.2, 0) is 10.0 Å². The van der Waals surface area contributed by atoms with E-state index >= 15 is 0 Å². The topological polar surface area (TPSA) is 74.3 Å². The third-order valence-electron chi connectivity index (χ3n) is 2.96. The molecule has 0 aliphatic heterocycles. The van der Waals surface area contributed by atoms with E-state index in [1.807, 2.05) is 19.0 Å². The Morgan fingerprint density at radius 3 is 2.52 bits per heavy atom. The molecule has 1 aromatic heterocycles. The van der Waals surface area contributed by atoms with Crippen molar-refractivity contribution < 1.29 is 8.42 Å². The van der Waals surface area contributed by atoms with E-state index in [2.05, 4.69) is 28.9 Å². The molecule has 0 aliphatic rings. The summed E-state index contributed by atoms with van der Waals surface area (Å²) in [6.45, 7) is 4.83. The van der Waals surface area contributed by atoms with Gasteiger partial charge in [0.1, 0.15) is 10.7 Å². The normalized spacial score (nSPS) is 13.7. The molecule has 120 valence electrons. The molecule has 21 heavy (non-hydrogen) atoms. The summed E-state index contributed by atoms with van der Waals surface area (Å²) in [5, 5.41) is 2.82. The van der Waals surface area contributed by atoms with Crippen LogP contribution in [0.3, 0.4) is 0 Å². The number of pyridine rings is 1. The van der Waals surface area contributed by atoms with Gasteiger partial charge in [-0.25, -0.2) is 18.1 Å². The fourth-order valence-electron chi connectivity index (χ4n) is 2.25. The van der Waals surface area contributed by atoms with Crippen molar-refractivity contribution in [2.24, 2.45) is 5.92 Å². The third kappa shape index (κ3) is 5.61. The molecule has 2 N–H and O–H groups in total. The first-order valence-electron chi connectivity index (χ1n) is 7.06. The summed E-state index contributed by atoms with van der Waals surface area (Å²) in [5.41, 5.74) is 0. The monoisotopic (exact) mass is 314 g/mol. The predicted octanol–water partition coefficient (Wildman–Crippen LogP) is 1.38. The Morgan fingerprint density at radius 2 is 2.00 bits per heavy atom. The van der Waals surface area contributed by atoms with Gasteiger partial charge in [0.15, 0.2) is 0 Å². The van der Waals surface area contributed by atoms with Gasteiger partial charge in [-0.1, -0.05) is 13.8 Å². The Balaban J connectivity index is 2.99. The number of nitrogens with one attached hydrogen (secondary N) is 2. The van der Waals surface area contributed by atoms with Crippen molar-refractivity contribution >= 4 is 15.8 Å². The van der Waals surface area contributed by atoms with Crippen LogP contribution in [0.5, 0.6) is 0 Å². The van der Waals surface area contributed by atoms with Crippen molar-refractivity contribution in [2.75, 3.05) is 33.0 Å². The zero-order valence-corrected chi connectivity index (χ0v) is 14.2. The Kier molecular flexibility index (Phi) is 6.57. The zero-order chi connectivity index (χ0) is 16.0. The largest absolute Gasteiger partial charge is 0.372 e. The lowest BCUT2D eigenvalue weighted by Gasteiger charge is -2.24. The average Bonchev–Trinajstić information content (AvgIpc) is 2.36. The van der Waals surface area contributed by atoms with Gasteiger partial charge in [0, 0.05) is 25.8 Å². The Morgan fingerprint density at radius 1 is 1.33 bits per heavy atom. The number of sulfonamides is 1. The molecule has 1 rings (SSSR count). The maximum Gasteiger partial charge on any atom is 0.244 e. The molecule has 6 nitrogen and oxygen atoms in total. The van der Waals surface area contributed by atoms with E-state index in [-0.39, 0.29) is 10.9 Å². The second-order valence-corrected chi connectivity index (χ2v) is 7.49. The molecule has 0 aromatic carbocycles. The molecule has 0 fully saturated rings. The van der Waals surface area contributed by atoms with E-state index in [1.54, 1.807) is 25.4 Å². The highest BCUT2D eigenvalue weighted by Crippen LogP contribution is 2.18. The number of nitrogens with zero attached hydrogens (tertiary/aromatic N) is 2. The molecule has 0 bridgehead atoms. The van der Waals surface area contributed by atoms with Crippen LogP contribution < -0.4 is 10.0 Å². The van der Waals surface area contributed by atoms with Gasteiger partial charge in [-0.15, -0.1) is 0 Å². The van der Waals surface area contributed by atoms with Crippen LogP contribution >= 0.6 is 0 Å². The van der Waals surface area contributed by atoms with Crippen molar-refractivity contribution in [3.8, 4) is 0 Å². The molecule has 0 saturated carbocycles. The van der Waals surface area contributed by atoms with Gasteiger partial charge in [0.05, 0.1) is 0 Å². The van der Waals surface area contributed by atoms with Crippen LogP contribution in [-0.4, -0.2) is 52.0 Å². The lowest BCUT2D eigenvalue weighted by molar-refractivity contribution is 0.329. The summed E-state index contributed by atoms with van der Waals surface area (Å²) in [5.74, 6) is 0.772. The molecule has 0 spiro atoms. The van der Waals surface area contributed by atoms with Gasteiger partial charge >= 0.3 is 0 Å². The first-order chi connectivity index (χ1) is 9.76. The van der Waals surface area contributed by atoms with Crippen LogP contribution in [0.4, 0.5) is 5.82 Å². The smallest absolute Gasteiger partial charge is 0.244 e. The Hall–Kier alpha value is -1.18. The molecule has 0 radical (unpaired) electrons. The zero-order valence-electron chi connectivity index (χ0n) is 13.4. The van der Waals surface area contributed by atoms with Crippen molar-refractivity contribution in [3.05, 3.63) is 18.3 Å². The van der Waals surface area contributed by atoms with Crippen LogP contribution in [0.1, 0.15) is 20.3 Å². The van der Waals surface area contributed by atoms with E-state index in [4.69, 9.17) is 0 Å². The van der Waals surface area contributed by atoms with E-state index in [1.165, 1.54) is 0 Å². The average molecular weight is 314 g/mol. The second-order valence-electron chi connectivity index (χ2n) is 5.81. The molecule has 0 amide bonds. The standard InChI is InChI=1S/C14H26N4O2S/c1-11(2)9-12(10-18(4)5)17-21(19,20)13-7-6-8-16-14(13)15-3/h6-8,11-12,17H,9-10H2,1-5H3,(H,15,16). The highest BCUT2D eigenvalue weighted by Gasteiger charge is 2.24. The van der Waals surface area contributed by atoms with Crippen LogP contribution in [0.25, 0.3) is 0 Å². The van der Waals surface area contributed by atoms with Gasteiger partial charge in [-0.2, -0.15) is 0 Å². The van der Waals surface area contributed by atoms with E-state index in [9.17, 15) is 8.42 Å². The summed E-state index contributed by atoms with van der Waals surface area (Å²) < 4.78 is 27.9. The molecule has 1 heterocycles. The van der Waals surface area contributed by atoms with Gasteiger partial charge in [0.25, 0.3) is 0 Å². The van der Waals surface area contributed by atoms with Crippen molar-refractivity contribution in [1.29, 1.82) is 0 Å². The first-order valence-corrected chi connectivity index (χ1v) is 8.54. The van der Waals surface area contributed by atoms with Crippen molar-refractivity contribution in [1.82, 2.24) is 14.6 Å². The van der Waals surface area contributed by atoms with Crippen molar-refractivity contribution in [2.45, 2.75) is 31.2 Å². The fraction of sp³-hybridized carbons (Fsp3) is 0.643. The Labute approximate surface area is 128 Å². The molecule has 0 aliphatic carbocycles. The highest BCUT2D eigenvalue weighted by atomic mass is 32.2. The summed E-state index contributed by atoms with van der Waals surface area (Å²) in [7, 11) is 1.93. The van der Waals surface area contributed by atoms with E-state index in [0.717, 1.165) is 6.42 Å². The molecule has 1 unspecified atom stereocenters. The van der Waals surface area contributed by atoms with Gasteiger partial charge in [-0.3, -0.25) is 0 Å². The van der Waals surface area contributed by atoms with E-state index < -0.39 is 10.0 Å². The van der Waals surface area contributed by atoms with Gasteiger partial charge in [0.2, 0.25) is 10.0 Å². The van der Waals surface area contributed by atoms with Crippen LogP contribution in [0, 0.1) is 5.92 Å². The maximum atomic E-state index is 12.6. The predicted molar refractivity (Wildman–Crippen MR) is 85.9 cm³/mol. The number of rotatable bonds is 8. The lowest BCUT2D eigenvalue weighted by Crippen LogP contribution is -2.42. The SMILES string of the molecule is CNc1ncccc1S(=O)(=O)NC(CC(C)C)CN(C)C. The minimum atomic E-state index is -3.60. The second kappa shape index (κ2) is 7.72. The molecular formula is C14H26N4O2S. The minimum absolute atomic E-state index is 0.130. The summed E-state index contributed by atoms with van der Waals surface area (Å²) in [4.78, 5) is 6.22. The maximum absolute atomic E-state index is 12.6. The highest BCUT2D eigenvalue weighted by molar-refractivity contribution is 7.89. The fourth-order valence-corrected chi connectivity index (χ4v) is 3.65. The Bertz CT molecular complexity index is 534. The number of hydrogen-bond donors (Lipinski definition) is 2. The van der Waals surface area contributed by atoms with Crippen LogP contribution in [0.2, 0.25) is 0 Å². The van der Waals surface area contributed by atoms with Crippen LogP contribution in [0.15, 0.2) is 23.2 Å². The summed E-state index contributed by atoms with van der Waals surface area (Å²) >= 11 is 0. The number of aromatic nitrogens is 1. The lowest BCUT2D eigenvalue weighted by atomic mass is 10.0. The summed E-state index contributed by atoms with van der Waals surface area (Å²) in [6, 6.07) is 3.05. The van der Waals surface area contributed by atoms with E-state index in [0.29, 0.717) is 18.3 Å². The third-order valence-corrected chi connectivity index (χ3v) is 4.51. The molecule has 1 atom stereocenters. The number of likely N-dealkylation sites (N-methyl/N-ethyl adjacent to an activating group) is 1. The molecular weight excluding hydrogens is 288 g/mol. The van der Waals surface area contributed by atoms with Gasteiger partial charge < -0.3 is 10.2 Å². The quantitative estimate of drug-likeness (QED) is 0.758. The summed E-state index contributed by atoms with van der Waals surface area (Å²) in [6.07, 6.45) is 2.35. The molecule has 1 aromatic rings. The first kappa shape index (κ1) is 17.9. The van der Waals surface area contributed by atoms with Crippen molar-refractivity contribution in [3.63, 3.8) is 0 Å².